The van der Waals surface area contributed by atoms with Crippen LogP contribution < -0.4 is 10.9 Å². The largest absolute Gasteiger partial charge is 0.300 e. The Kier molecular flexibility index (Phi) is 3.98. The molecule has 0 radical (unpaired) electrons. The maximum atomic E-state index is 11.0. The highest BCUT2D eigenvalue weighted by atomic mass is 16.6. The van der Waals surface area contributed by atoms with Crippen molar-refractivity contribution in [1.82, 2.24) is 0 Å². The first-order valence-electron chi connectivity index (χ1n) is 5.99. The van der Waals surface area contributed by atoms with Gasteiger partial charge in [0.2, 0.25) is 0 Å². The molecular formula is C13H12N4O4. The van der Waals surface area contributed by atoms with Gasteiger partial charge >= 0.3 is 5.69 Å². The van der Waals surface area contributed by atoms with Crippen LogP contribution in [0.2, 0.25) is 0 Å². The Balaban J connectivity index is 2.26. The Morgan fingerprint density at radius 2 is 1.57 bits per heavy atom. The molecule has 8 heteroatoms. The van der Waals surface area contributed by atoms with Crippen LogP contribution in [0.25, 0.3) is 0 Å². The van der Waals surface area contributed by atoms with E-state index in [2.05, 4.69) is 10.9 Å². The zero-order valence-corrected chi connectivity index (χ0v) is 11.1. The van der Waals surface area contributed by atoms with Crippen LogP contribution in [0, 0.1) is 27.2 Å². The zero-order valence-electron chi connectivity index (χ0n) is 11.1. The third-order valence-electron chi connectivity index (χ3n) is 2.87. The van der Waals surface area contributed by atoms with Crippen LogP contribution in [0.5, 0.6) is 0 Å². The summed E-state index contributed by atoms with van der Waals surface area (Å²) in [5.74, 6) is 0. The molecule has 0 spiro atoms. The molecule has 21 heavy (non-hydrogen) atoms. The van der Waals surface area contributed by atoms with Gasteiger partial charge in [-0.1, -0.05) is 18.2 Å². The van der Waals surface area contributed by atoms with Crippen molar-refractivity contribution in [1.29, 1.82) is 0 Å². The van der Waals surface area contributed by atoms with E-state index >= 15 is 0 Å². The number of nitro benzene ring substituents is 2. The SMILES string of the molecule is Cc1ccccc1NNc1ccc([N+](=O)[O-])cc1[N+](=O)[O-]. The number of hydrazine groups is 1. The van der Waals surface area contributed by atoms with E-state index in [1.54, 1.807) is 6.07 Å². The van der Waals surface area contributed by atoms with Gasteiger partial charge in [-0.3, -0.25) is 25.7 Å². The minimum absolute atomic E-state index is 0.147. The molecule has 0 aliphatic heterocycles. The van der Waals surface area contributed by atoms with Gasteiger partial charge in [-0.05, 0) is 24.6 Å². The highest BCUT2D eigenvalue weighted by Crippen LogP contribution is 2.29. The summed E-state index contributed by atoms with van der Waals surface area (Å²) >= 11 is 0. The van der Waals surface area contributed by atoms with E-state index in [4.69, 9.17) is 0 Å². The van der Waals surface area contributed by atoms with Gasteiger partial charge in [-0.2, -0.15) is 0 Å². The second-order valence-corrected chi connectivity index (χ2v) is 4.28. The molecule has 0 amide bonds. The molecule has 0 bridgehead atoms. The Labute approximate surface area is 119 Å². The minimum atomic E-state index is -0.675. The fourth-order valence-corrected chi connectivity index (χ4v) is 1.74. The van der Waals surface area contributed by atoms with E-state index < -0.39 is 9.85 Å². The summed E-state index contributed by atoms with van der Waals surface area (Å²) in [5.41, 5.74) is 6.71. The first-order chi connectivity index (χ1) is 9.99. The van der Waals surface area contributed by atoms with Crippen molar-refractivity contribution in [3.05, 3.63) is 68.3 Å². The number of aryl methyl sites for hydroxylation is 1. The fourth-order valence-electron chi connectivity index (χ4n) is 1.74. The fraction of sp³-hybridized carbons (Fsp3) is 0.0769. The summed E-state index contributed by atoms with van der Waals surface area (Å²) in [5, 5.41) is 21.6. The highest BCUT2D eigenvalue weighted by molar-refractivity contribution is 5.68. The van der Waals surface area contributed by atoms with Crippen molar-refractivity contribution in [2.75, 3.05) is 10.9 Å². The third-order valence-corrected chi connectivity index (χ3v) is 2.87. The van der Waals surface area contributed by atoms with Gasteiger partial charge in [0.15, 0.2) is 0 Å². The summed E-state index contributed by atoms with van der Waals surface area (Å²) in [7, 11) is 0. The minimum Gasteiger partial charge on any atom is -0.300 e. The Hall–Kier alpha value is -3.16. The van der Waals surface area contributed by atoms with E-state index in [-0.39, 0.29) is 17.1 Å². The van der Waals surface area contributed by atoms with Crippen LogP contribution in [-0.2, 0) is 0 Å². The van der Waals surface area contributed by atoms with Crippen LogP contribution in [0.3, 0.4) is 0 Å². The van der Waals surface area contributed by atoms with Crippen molar-refractivity contribution in [3.8, 4) is 0 Å². The van der Waals surface area contributed by atoms with Crippen molar-refractivity contribution in [2.24, 2.45) is 0 Å². The lowest BCUT2D eigenvalue weighted by molar-refractivity contribution is -0.393. The van der Waals surface area contributed by atoms with Gasteiger partial charge in [0.25, 0.3) is 5.69 Å². The molecule has 0 unspecified atom stereocenters. The summed E-state index contributed by atoms with van der Waals surface area (Å²) in [4.78, 5) is 20.3. The van der Waals surface area contributed by atoms with Crippen molar-refractivity contribution in [2.45, 2.75) is 6.92 Å². The number of hydrogen-bond acceptors (Lipinski definition) is 6. The van der Waals surface area contributed by atoms with Crippen LogP contribution in [0.15, 0.2) is 42.5 Å². The lowest BCUT2D eigenvalue weighted by Crippen LogP contribution is -2.11. The molecule has 0 aliphatic rings. The molecule has 0 atom stereocenters. The zero-order chi connectivity index (χ0) is 15.4. The van der Waals surface area contributed by atoms with Crippen molar-refractivity contribution < 1.29 is 9.85 Å². The molecule has 2 aromatic rings. The van der Waals surface area contributed by atoms with Crippen LogP contribution >= 0.6 is 0 Å². The second-order valence-electron chi connectivity index (χ2n) is 4.28. The van der Waals surface area contributed by atoms with Gasteiger partial charge in [0.05, 0.1) is 21.6 Å². The molecule has 2 aromatic carbocycles. The van der Waals surface area contributed by atoms with Gasteiger partial charge in [-0.25, -0.2) is 0 Å². The van der Waals surface area contributed by atoms with Crippen molar-refractivity contribution in [3.63, 3.8) is 0 Å². The topological polar surface area (TPSA) is 110 Å². The van der Waals surface area contributed by atoms with Crippen LogP contribution in [-0.4, -0.2) is 9.85 Å². The van der Waals surface area contributed by atoms with Crippen LogP contribution in [0.1, 0.15) is 5.56 Å². The Bertz CT molecular complexity index is 702. The first-order valence-corrected chi connectivity index (χ1v) is 5.99. The predicted molar refractivity (Wildman–Crippen MR) is 78.2 cm³/mol. The summed E-state index contributed by atoms with van der Waals surface area (Å²) in [6.07, 6.45) is 0. The lowest BCUT2D eigenvalue weighted by Gasteiger charge is -2.11. The summed E-state index contributed by atoms with van der Waals surface area (Å²) in [6, 6.07) is 10.8. The van der Waals surface area contributed by atoms with Crippen LogP contribution in [0.4, 0.5) is 22.7 Å². The number of rotatable bonds is 5. The number of nitrogens with zero attached hydrogens (tertiary/aromatic N) is 2. The number of hydrogen-bond donors (Lipinski definition) is 2. The van der Waals surface area contributed by atoms with Crippen molar-refractivity contribution >= 4 is 22.7 Å². The standard InChI is InChI=1S/C13H12N4O4/c1-9-4-2-3-5-11(9)14-15-12-7-6-10(16(18)19)8-13(12)17(20)21/h2-8,14-15H,1H3. The molecule has 2 rings (SSSR count). The number of nitro groups is 2. The molecule has 0 heterocycles. The number of benzene rings is 2. The molecule has 0 aliphatic carbocycles. The monoisotopic (exact) mass is 288 g/mol. The number of nitrogens with one attached hydrogen (secondary N) is 2. The molecule has 2 N–H and O–H groups in total. The molecule has 8 nitrogen and oxygen atoms in total. The molecule has 108 valence electrons. The van der Waals surface area contributed by atoms with Gasteiger partial charge in [-0.15, -0.1) is 0 Å². The number of anilines is 2. The average molecular weight is 288 g/mol. The smallest absolute Gasteiger partial charge is 0.300 e. The molecule has 0 fully saturated rings. The number of para-hydroxylation sites is 1. The molecule has 0 saturated heterocycles. The maximum Gasteiger partial charge on any atom is 0.300 e. The van der Waals surface area contributed by atoms with E-state index in [0.717, 1.165) is 17.3 Å². The maximum absolute atomic E-state index is 11.0. The van der Waals surface area contributed by atoms with E-state index in [0.29, 0.717) is 0 Å². The molecule has 0 saturated carbocycles. The normalized spacial score (nSPS) is 9.95. The quantitative estimate of drug-likeness (QED) is 0.645. The third kappa shape index (κ3) is 3.24. The highest BCUT2D eigenvalue weighted by Gasteiger charge is 2.19. The van der Waals surface area contributed by atoms with Gasteiger partial charge in [0.1, 0.15) is 5.69 Å². The van der Waals surface area contributed by atoms with Gasteiger partial charge < -0.3 is 5.43 Å². The summed E-state index contributed by atoms with van der Waals surface area (Å²) < 4.78 is 0. The van der Waals surface area contributed by atoms with E-state index in [9.17, 15) is 20.2 Å². The first kappa shape index (κ1) is 14.3. The number of non-ortho nitro benzene ring substituents is 1. The Morgan fingerprint density at radius 1 is 0.905 bits per heavy atom. The van der Waals surface area contributed by atoms with E-state index in [1.165, 1.54) is 12.1 Å². The second kappa shape index (κ2) is 5.87. The predicted octanol–water partition coefficient (Wildman–Crippen LogP) is 3.25. The van der Waals surface area contributed by atoms with E-state index in [1.807, 2.05) is 25.1 Å². The Morgan fingerprint density at radius 3 is 2.19 bits per heavy atom. The molecular weight excluding hydrogens is 276 g/mol. The average Bonchev–Trinajstić information content (AvgIpc) is 2.46. The lowest BCUT2D eigenvalue weighted by atomic mass is 10.2. The molecule has 0 aromatic heterocycles. The summed E-state index contributed by atoms with van der Waals surface area (Å²) in [6.45, 7) is 1.88. The van der Waals surface area contributed by atoms with Gasteiger partial charge in [0, 0.05) is 6.07 Å².